The van der Waals surface area contributed by atoms with Crippen LogP contribution in [0, 0.1) is 0 Å². The maximum atomic E-state index is 11.8. The number of benzene rings is 2. The normalized spacial score (nSPS) is 10.0. The Morgan fingerprint density at radius 2 is 1.74 bits per heavy atom. The SMILES string of the molecule is NCc1ccccc1N(O)C(=O)Oc1ccccc1. The highest BCUT2D eigenvalue weighted by Crippen LogP contribution is 2.20. The fourth-order valence-corrected chi connectivity index (χ4v) is 1.62. The summed E-state index contributed by atoms with van der Waals surface area (Å²) in [7, 11) is 0. The van der Waals surface area contributed by atoms with E-state index in [0.717, 1.165) is 0 Å². The zero-order valence-electron chi connectivity index (χ0n) is 10.2. The summed E-state index contributed by atoms with van der Waals surface area (Å²) in [4.78, 5) is 11.8. The Labute approximate surface area is 110 Å². The number of rotatable bonds is 3. The Balaban J connectivity index is 2.15. The van der Waals surface area contributed by atoms with Crippen LogP contribution < -0.4 is 15.5 Å². The van der Waals surface area contributed by atoms with Crippen molar-refractivity contribution < 1.29 is 14.7 Å². The molecule has 0 saturated carbocycles. The van der Waals surface area contributed by atoms with Crippen molar-refractivity contribution in [2.45, 2.75) is 6.54 Å². The number of ether oxygens (including phenoxy) is 1. The van der Waals surface area contributed by atoms with E-state index in [1.807, 2.05) is 0 Å². The number of hydrogen-bond acceptors (Lipinski definition) is 4. The van der Waals surface area contributed by atoms with E-state index in [9.17, 15) is 10.0 Å². The minimum absolute atomic E-state index is 0.214. The van der Waals surface area contributed by atoms with E-state index in [4.69, 9.17) is 10.5 Å². The fourth-order valence-electron chi connectivity index (χ4n) is 1.62. The molecule has 0 aliphatic heterocycles. The molecule has 5 nitrogen and oxygen atoms in total. The average Bonchev–Trinajstić information content (AvgIpc) is 2.47. The number of anilines is 1. The first kappa shape index (κ1) is 13.1. The van der Waals surface area contributed by atoms with Crippen LogP contribution in [0.5, 0.6) is 5.75 Å². The van der Waals surface area contributed by atoms with Crippen LogP contribution in [0.2, 0.25) is 0 Å². The number of hydrogen-bond donors (Lipinski definition) is 2. The molecule has 0 heterocycles. The van der Waals surface area contributed by atoms with E-state index < -0.39 is 6.09 Å². The van der Waals surface area contributed by atoms with E-state index in [1.54, 1.807) is 54.6 Å². The summed E-state index contributed by atoms with van der Waals surface area (Å²) in [5, 5.41) is 10.3. The number of hydroxylamine groups is 1. The van der Waals surface area contributed by atoms with E-state index in [-0.39, 0.29) is 6.54 Å². The molecule has 5 heteroatoms. The van der Waals surface area contributed by atoms with E-state index in [1.165, 1.54) is 0 Å². The maximum Gasteiger partial charge on any atom is 0.444 e. The largest absolute Gasteiger partial charge is 0.444 e. The summed E-state index contributed by atoms with van der Waals surface area (Å²) in [5.74, 6) is 0.358. The van der Waals surface area contributed by atoms with E-state index >= 15 is 0 Å². The molecule has 2 rings (SSSR count). The predicted octanol–water partition coefficient (Wildman–Crippen LogP) is 2.54. The molecule has 1 amide bonds. The summed E-state index contributed by atoms with van der Waals surface area (Å²) in [6, 6.07) is 15.3. The molecule has 0 spiro atoms. The van der Waals surface area contributed by atoms with Gasteiger partial charge in [-0.2, -0.15) is 5.06 Å². The molecule has 2 aromatic rings. The predicted molar refractivity (Wildman–Crippen MR) is 71.1 cm³/mol. The summed E-state index contributed by atoms with van der Waals surface area (Å²) in [5.41, 5.74) is 6.51. The molecule has 0 aliphatic carbocycles. The molecule has 98 valence electrons. The van der Waals surface area contributed by atoms with Gasteiger partial charge in [-0.1, -0.05) is 36.4 Å². The molecule has 0 aromatic heterocycles. The van der Waals surface area contributed by atoms with Gasteiger partial charge in [-0.05, 0) is 23.8 Å². The number of carbonyl (C=O) groups excluding carboxylic acids is 1. The molecule has 0 radical (unpaired) electrons. The van der Waals surface area contributed by atoms with Gasteiger partial charge in [-0.25, -0.2) is 4.79 Å². The first-order chi connectivity index (χ1) is 9.22. The first-order valence-electron chi connectivity index (χ1n) is 5.76. The Morgan fingerprint density at radius 1 is 1.11 bits per heavy atom. The summed E-state index contributed by atoms with van der Waals surface area (Å²) in [6.07, 6.45) is -0.882. The quantitative estimate of drug-likeness (QED) is 0.655. The Hall–Kier alpha value is -2.37. The molecule has 0 atom stereocenters. The van der Waals surface area contributed by atoms with E-state index in [2.05, 4.69) is 0 Å². The van der Waals surface area contributed by atoms with Crippen molar-refractivity contribution >= 4 is 11.8 Å². The summed E-state index contributed by atoms with van der Waals surface area (Å²) >= 11 is 0. The van der Waals surface area contributed by atoms with Gasteiger partial charge in [-0.3, -0.25) is 5.21 Å². The van der Waals surface area contributed by atoms with Gasteiger partial charge in [0.05, 0.1) is 5.69 Å². The van der Waals surface area contributed by atoms with E-state index in [0.29, 0.717) is 22.1 Å². The third kappa shape index (κ3) is 3.09. The third-order valence-corrected chi connectivity index (χ3v) is 2.56. The van der Waals surface area contributed by atoms with Gasteiger partial charge in [0.2, 0.25) is 0 Å². The first-order valence-corrected chi connectivity index (χ1v) is 5.76. The van der Waals surface area contributed by atoms with Crippen molar-refractivity contribution in [3.63, 3.8) is 0 Å². The molecule has 0 fully saturated rings. The van der Waals surface area contributed by atoms with Crippen molar-refractivity contribution in [2.24, 2.45) is 5.73 Å². The van der Waals surface area contributed by atoms with Crippen molar-refractivity contribution in [3.8, 4) is 5.75 Å². The van der Waals surface area contributed by atoms with Crippen molar-refractivity contribution in [1.82, 2.24) is 0 Å². The third-order valence-electron chi connectivity index (χ3n) is 2.56. The molecule has 0 saturated heterocycles. The van der Waals surface area contributed by atoms with Crippen LogP contribution in [0.4, 0.5) is 10.5 Å². The second-order valence-corrected chi connectivity index (χ2v) is 3.83. The zero-order valence-corrected chi connectivity index (χ0v) is 10.2. The Kier molecular flexibility index (Phi) is 4.12. The van der Waals surface area contributed by atoms with Gasteiger partial charge < -0.3 is 10.5 Å². The molecular formula is C14H14N2O3. The van der Waals surface area contributed by atoms with Gasteiger partial charge in [0.25, 0.3) is 0 Å². The lowest BCUT2D eigenvalue weighted by atomic mass is 10.2. The summed E-state index contributed by atoms with van der Waals surface area (Å²) in [6.45, 7) is 0.214. The van der Waals surface area contributed by atoms with Crippen LogP contribution in [-0.4, -0.2) is 11.3 Å². The zero-order chi connectivity index (χ0) is 13.7. The monoisotopic (exact) mass is 258 g/mol. The topological polar surface area (TPSA) is 75.8 Å². The van der Waals surface area contributed by atoms with Crippen molar-refractivity contribution in [2.75, 3.05) is 5.06 Å². The highest BCUT2D eigenvalue weighted by molar-refractivity contribution is 5.87. The number of nitrogens with zero attached hydrogens (tertiary/aromatic N) is 1. The van der Waals surface area contributed by atoms with Crippen LogP contribution in [0.1, 0.15) is 5.56 Å². The lowest BCUT2D eigenvalue weighted by Gasteiger charge is -2.17. The van der Waals surface area contributed by atoms with Crippen LogP contribution in [0.3, 0.4) is 0 Å². The lowest BCUT2D eigenvalue weighted by Crippen LogP contribution is -2.31. The second kappa shape index (κ2) is 5.99. The van der Waals surface area contributed by atoms with Crippen LogP contribution >= 0.6 is 0 Å². The molecular weight excluding hydrogens is 244 g/mol. The smallest absolute Gasteiger partial charge is 0.408 e. The van der Waals surface area contributed by atoms with Gasteiger partial charge in [0, 0.05) is 6.54 Å². The summed E-state index contributed by atoms with van der Waals surface area (Å²) < 4.78 is 5.03. The van der Waals surface area contributed by atoms with Gasteiger partial charge in [0.15, 0.2) is 0 Å². The molecule has 0 aliphatic rings. The van der Waals surface area contributed by atoms with Crippen LogP contribution in [-0.2, 0) is 6.54 Å². The highest BCUT2D eigenvalue weighted by atomic mass is 16.6. The second-order valence-electron chi connectivity index (χ2n) is 3.83. The fraction of sp³-hybridized carbons (Fsp3) is 0.0714. The number of amides is 1. The highest BCUT2D eigenvalue weighted by Gasteiger charge is 2.18. The van der Waals surface area contributed by atoms with Crippen molar-refractivity contribution in [3.05, 3.63) is 60.2 Å². The minimum Gasteiger partial charge on any atom is -0.408 e. The Morgan fingerprint density at radius 3 is 2.42 bits per heavy atom. The number of carbonyl (C=O) groups is 1. The number of nitrogens with two attached hydrogens (primary N) is 1. The lowest BCUT2D eigenvalue weighted by molar-refractivity contribution is 0.166. The minimum atomic E-state index is -0.882. The molecule has 0 unspecified atom stereocenters. The molecule has 3 N–H and O–H groups in total. The maximum absolute atomic E-state index is 11.8. The van der Waals surface area contributed by atoms with Crippen molar-refractivity contribution in [1.29, 1.82) is 0 Å². The number of para-hydroxylation sites is 2. The molecule has 0 bridgehead atoms. The van der Waals surface area contributed by atoms with Gasteiger partial charge >= 0.3 is 6.09 Å². The Bertz CT molecular complexity index is 558. The average molecular weight is 258 g/mol. The molecule has 2 aromatic carbocycles. The molecule has 19 heavy (non-hydrogen) atoms. The van der Waals surface area contributed by atoms with Gasteiger partial charge in [-0.15, -0.1) is 0 Å². The van der Waals surface area contributed by atoms with Crippen LogP contribution in [0.15, 0.2) is 54.6 Å². The van der Waals surface area contributed by atoms with Gasteiger partial charge in [0.1, 0.15) is 5.75 Å². The van der Waals surface area contributed by atoms with Crippen LogP contribution in [0.25, 0.3) is 0 Å². The standard InChI is InChI=1S/C14H14N2O3/c15-10-11-6-4-5-9-13(11)16(18)14(17)19-12-7-2-1-3-8-12/h1-9,18H,10,15H2.